The second-order valence-electron chi connectivity index (χ2n) is 7.74. The number of hydrogen-bond donors (Lipinski definition) is 1. The van der Waals surface area contributed by atoms with E-state index in [1.807, 2.05) is 32.9 Å². The van der Waals surface area contributed by atoms with E-state index in [0.29, 0.717) is 13.1 Å². The van der Waals surface area contributed by atoms with Gasteiger partial charge in [0, 0.05) is 45.1 Å². The largest absolute Gasteiger partial charge is 0.444 e. The van der Waals surface area contributed by atoms with Crippen molar-refractivity contribution < 1.29 is 14.3 Å². The highest BCUT2D eigenvalue weighted by Gasteiger charge is 2.28. The average Bonchev–Trinajstić information content (AvgIpc) is 2.59. The van der Waals surface area contributed by atoms with Gasteiger partial charge in [-0.15, -0.1) is 0 Å². The SMILES string of the molecule is CN(C(=O)OC(C)(C)C)C1CCN(CC(=O)NCc2cccnc2)CC1. The van der Waals surface area contributed by atoms with Crippen molar-refractivity contribution in [3.05, 3.63) is 30.1 Å². The minimum atomic E-state index is -0.488. The van der Waals surface area contributed by atoms with Crippen molar-refractivity contribution in [1.82, 2.24) is 20.1 Å². The summed E-state index contributed by atoms with van der Waals surface area (Å²) in [6.45, 7) is 8.05. The van der Waals surface area contributed by atoms with E-state index in [1.165, 1.54) is 0 Å². The standard InChI is InChI=1S/C19H30N4O3/c1-19(2,3)26-18(25)22(4)16-7-10-23(11-8-16)14-17(24)21-13-15-6-5-9-20-12-15/h5-6,9,12,16H,7-8,10-11,13-14H2,1-4H3,(H,21,24). The number of carbonyl (C=O) groups is 2. The molecule has 0 spiro atoms. The number of piperidine rings is 1. The molecule has 0 aromatic carbocycles. The van der Waals surface area contributed by atoms with Gasteiger partial charge in [-0.25, -0.2) is 4.79 Å². The maximum Gasteiger partial charge on any atom is 0.410 e. The lowest BCUT2D eigenvalue weighted by atomic mass is 10.0. The van der Waals surface area contributed by atoms with Gasteiger partial charge in [-0.3, -0.25) is 14.7 Å². The van der Waals surface area contributed by atoms with Crippen LogP contribution in [0.1, 0.15) is 39.2 Å². The first-order valence-electron chi connectivity index (χ1n) is 9.08. The fourth-order valence-corrected chi connectivity index (χ4v) is 2.91. The molecule has 0 atom stereocenters. The van der Waals surface area contributed by atoms with Crippen molar-refractivity contribution >= 4 is 12.0 Å². The summed E-state index contributed by atoms with van der Waals surface area (Å²) >= 11 is 0. The third-order valence-corrected chi connectivity index (χ3v) is 4.37. The second kappa shape index (κ2) is 8.98. The summed E-state index contributed by atoms with van der Waals surface area (Å²) in [6.07, 6.45) is 4.85. The van der Waals surface area contributed by atoms with Crippen LogP contribution in [-0.2, 0) is 16.1 Å². The van der Waals surface area contributed by atoms with Gasteiger partial charge in [0.25, 0.3) is 0 Å². The van der Waals surface area contributed by atoms with E-state index in [2.05, 4.69) is 15.2 Å². The Bertz CT molecular complexity index is 593. The minimum Gasteiger partial charge on any atom is -0.444 e. The van der Waals surface area contributed by atoms with Crippen molar-refractivity contribution in [2.75, 3.05) is 26.7 Å². The van der Waals surface area contributed by atoms with Crippen molar-refractivity contribution in [1.29, 1.82) is 0 Å². The molecule has 2 amide bonds. The molecule has 1 aliphatic rings. The third kappa shape index (κ3) is 6.63. The Kier molecular flexibility index (Phi) is 6.97. The smallest absolute Gasteiger partial charge is 0.410 e. The van der Waals surface area contributed by atoms with E-state index in [9.17, 15) is 9.59 Å². The first-order valence-corrected chi connectivity index (χ1v) is 9.08. The third-order valence-electron chi connectivity index (χ3n) is 4.37. The number of nitrogens with one attached hydrogen (secondary N) is 1. The lowest BCUT2D eigenvalue weighted by Gasteiger charge is -2.37. The lowest BCUT2D eigenvalue weighted by molar-refractivity contribution is -0.122. The van der Waals surface area contributed by atoms with Crippen LogP contribution >= 0.6 is 0 Å². The highest BCUT2D eigenvalue weighted by molar-refractivity contribution is 5.78. The van der Waals surface area contributed by atoms with E-state index >= 15 is 0 Å². The highest BCUT2D eigenvalue weighted by Crippen LogP contribution is 2.18. The summed E-state index contributed by atoms with van der Waals surface area (Å²) in [5.74, 6) is 0.00722. The number of pyridine rings is 1. The lowest BCUT2D eigenvalue weighted by Crippen LogP contribution is -2.48. The quantitative estimate of drug-likeness (QED) is 0.867. The molecule has 7 nitrogen and oxygen atoms in total. The van der Waals surface area contributed by atoms with E-state index < -0.39 is 5.60 Å². The van der Waals surface area contributed by atoms with Crippen LogP contribution in [-0.4, -0.2) is 65.1 Å². The molecule has 0 saturated carbocycles. The number of likely N-dealkylation sites (tertiary alicyclic amines) is 1. The Balaban J connectivity index is 1.70. The van der Waals surface area contributed by atoms with E-state index in [-0.39, 0.29) is 18.0 Å². The van der Waals surface area contributed by atoms with Gasteiger partial charge >= 0.3 is 6.09 Å². The Labute approximate surface area is 155 Å². The molecule has 26 heavy (non-hydrogen) atoms. The summed E-state index contributed by atoms with van der Waals surface area (Å²) in [5.41, 5.74) is 0.497. The molecular formula is C19H30N4O3. The van der Waals surface area contributed by atoms with Gasteiger partial charge in [-0.2, -0.15) is 0 Å². The molecular weight excluding hydrogens is 332 g/mol. The first-order chi connectivity index (χ1) is 12.2. The molecule has 7 heteroatoms. The zero-order valence-corrected chi connectivity index (χ0v) is 16.2. The van der Waals surface area contributed by atoms with Gasteiger partial charge in [0.05, 0.1) is 6.54 Å². The molecule has 0 unspecified atom stereocenters. The molecule has 0 bridgehead atoms. The topological polar surface area (TPSA) is 74.8 Å². The fraction of sp³-hybridized carbons (Fsp3) is 0.632. The summed E-state index contributed by atoms with van der Waals surface area (Å²) in [7, 11) is 1.79. The molecule has 1 aliphatic heterocycles. The predicted octanol–water partition coefficient (Wildman–Crippen LogP) is 2.03. The van der Waals surface area contributed by atoms with Crippen LogP contribution in [0, 0.1) is 0 Å². The minimum absolute atomic E-state index is 0.00722. The van der Waals surface area contributed by atoms with Gasteiger partial charge in [0.1, 0.15) is 5.60 Å². The normalized spacial score (nSPS) is 16.2. The molecule has 1 fully saturated rings. The maximum absolute atomic E-state index is 12.2. The number of ether oxygens (including phenoxy) is 1. The number of rotatable bonds is 5. The number of aromatic nitrogens is 1. The van der Waals surface area contributed by atoms with Crippen LogP contribution < -0.4 is 5.32 Å². The molecule has 1 N–H and O–H groups in total. The van der Waals surface area contributed by atoms with Crippen LogP contribution in [0.5, 0.6) is 0 Å². The predicted molar refractivity (Wildman–Crippen MR) is 99.5 cm³/mol. The summed E-state index contributed by atoms with van der Waals surface area (Å²) in [5, 5.41) is 2.92. The highest BCUT2D eigenvalue weighted by atomic mass is 16.6. The molecule has 1 aromatic heterocycles. The van der Waals surface area contributed by atoms with Crippen LogP contribution in [0.2, 0.25) is 0 Å². The molecule has 1 saturated heterocycles. The monoisotopic (exact) mass is 362 g/mol. The zero-order valence-electron chi connectivity index (χ0n) is 16.2. The Morgan fingerprint density at radius 1 is 1.35 bits per heavy atom. The molecule has 0 aliphatic carbocycles. The zero-order chi connectivity index (χ0) is 19.2. The van der Waals surface area contributed by atoms with Gasteiger partial charge in [-0.05, 0) is 45.2 Å². The summed E-state index contributed by atoms with van der Waals surface area (Å²) < 4.78 is 5.42. The van der Waals surface area contributed by atoms with Crippen LogP contribution in [0.15, 0.2) is 24.5 Å². The number of hydrogen-bond acceptors (Lipinski definition) is 5. The van der Waals surface area contributed by atoms with Crippen molar-refractivity contribution in [3.63, 3.8) is 0 Å². The Morgan fingerprint density at radius 2 is 2.04 bits per heavy atom. The average molecular weight is 362 g/mol. The molecule has 2 rings (SSSR count). The number of amides is 2. The van der Waals surface area contributed by atoms with Gasteiger partial charge in [-0.1, -0.05) is 6.07 Å². The van der Waals surface area contributed by atoms with Crippen LogP contribution in [0.3, 0.4) is 0 Å². The Morgan fingerprint density at radius 3 is 2.62 bits per heavy atom. The van der Waals surface area contributed by atoms with Crippen molar-refractivity contribution in [2.45, 2.75) is 51.8 Å². The van der Waals surface area contributed by atoms with Gasteiger partial charge in [0.2, 0.25) is 5.91 Å². The van der Waals surface area contributed by atoms with Gasteiger partial charge < -0.3 is 15.0 Å². The van der Waals surface area contributed by atoms with Crippen LogP contribution in [0.25, 0.3) is 0 Å². The van der Waals surface area contributed by atoms with Crippen molar-refractivity contribution in [3.8, 4) is 0 Å². The van der Waals surface area contributed by atoms with E-state index in [1.54, 1.807) is 24.3 Å². The number of nitrogens with zero attached hydrogens (tertiary/aromatic N) is 3. The summed E-state index contributed by atoms with van der Waals surface area (Å²) in [6, 6.07) is 3.94. The fourth-order valence-electron chi connectivity index (χ4n) is 2.91. The Hall–Kier alpha value is -2.15. The molecule has 1 aromatic rings. The molecule has 2 heterocycles. The first kappa shape index (κ1) is 20.2. The van der Waals surface area contributed by atoms with E-state index in [4.69, 9.17) is 4.74 Å². The second-order valence-corrected chi connectivity index (χ2v) is 7.74. The van der Waals surface area contributed by atoms with Crippen LogP contribution in [0.4, 0.5) is 4.79 Å². The number of carbonyl (C=O) groups excluding carboxylic acids is 2. The van der Waals surface area contributed by atoms with E-state index in [0.717, 1.165) is 31.5 Å². The molecule has 0 radical (unpaired) electrons. The van der Waals surface area contributed by atoms with Crippen molar-refractivity contribution in [2.24, 2.45) is 0 Å². The summed E-state index contributed by atoms with van der Waals surface area (Å²) in [4.78, 5) is 32.1. The van der Waals surface area contributed by atoms with Gasteiger partial charge in [0.15, 0.2) is 0 Å². The maximum atomic E-state index is 12.2. The molecule has 144 valence electrons.